The van der Waals surface area contributed by atoms with Crippen molar-refractivity contribution in [2.75, 3.05) is 20.1 Å². The molecule has 2 aromatic heterocycles. The lowest BCUT2D eigenvalue weighted by atomic mass is 10.1. The van der Waals surface area contributed by atoms with Gasteiger partial charge in [-0.25, -0.2) is 4.98 Å². The molecular weight excluding hydrogens is 250 g/mol. The quantitative estimate of drug-likeness (QED) is 0.919. The van der Waals surface area contributed by atoms with Crippen molar-refractivity contribution in [2.24, 2.45) is 0 Å². The Kier molecular flexibility index (Phi) is 3.24. The van der Waals surface area contributed by atoms with Crippen molar-refractivity contribution in [3.8, 4) is 10.6 Å². The maximum atomic E-state index is 4.70. The standard InChI is InChI=1S/C12H15N3S2/c1-15(11-4-13-5-11)6-10-8-17-12(14-10)9-2-3-16-7-9/h2-3,7-8,11,13H,4-6H2,1H3. The average molecular weight is 265 g/mol. The van der Waals surface area contributed by atoms with E-state index in [2.05, 4.69) is 39.5 Å². The maximum absolute atomic E-state index is 4.70. The van der Waals surface area contributed by atoms with Crippen molar-refractivity contribution in [1.29, 1.82) is 0 Å². The molecular formula is C12H15N3S2. The minimum atomic E-state index is 0.682. The van der Waals surface area contributed by atoms with Crippen molar-refractivity contribution in [2.45, 2.75) is 12.6 Å². The van der Waals surface area contributed by atoms with Crippen LogP contribution < -0.4 is 5.32 Å². The van der Waals surface area contributed by atoms with Gasteiger partial charge in [-0.1, -0.05) is 0 Å². The van der Waals surface area contributed by atoms with Crippen LogP contribution in [0.3, 0.4) is 0 Å². The highest BCUT2D eigenvalue weighted by Crippen LogP contribution is 2.26. The van der Waals surface area contributed by atoms with Crippen LogP contribution in [0.5, 0.6) is 0 Å². The van der Waals surface area contributed by atoms with Crippen molar-refractivity contribution in [3.63, 3.8) is 0 Å². The summed E-state index contributed by atoms with van der Waals surface area (Å²) in [7, 11) is 2.18. The van der Waals surface area contributed by atoms with Crippen molar-refractivity contribution in [1.82, 2.24) is 15.2 Å². The number of nitrogens with one attached hydrogen (secondary N) is 1. The van der Waals surface area contributed by atoms with Crippen LogP contribution in [-0.2, 0) is 6.54 Å². The molecule has 1 fully saturated rings. The fourth-order valence-corrected chi connectivity index (χ4v) is 3.39. The minimum absolute atomic E-state index is 0.682. The first-order valence-electron chi connectivity index (χ1n) is 5.71. The molecule has 0 radical (unpaired) electrons. The fraction of sp³-hybridized carbons (Fsp3) is 0.417. The lowest BCUT2D eigenvalue weighted by Crippen LogP contribution is -2.55. The molecule has 2 aromatic rings. The number of hydrogen-bond acceptors (Lipinski definition) is 5. The van der Waals surface area contributed by atoms with Crippen LogP contribution in [0.2, 0.25) is 0 Å². The van der Waals surface area contributed by atoms with Crippen LogP contribution in [0.1, 0.15) is 5.69 Å². The highest BCUT2D eigenvalue weighted by Gasteiger charge is 2.21. The Morgan fingerprint density at radius 2 is 2.35 bits per heavy atom. The minimum Gasteiger partial charge on any atom is -0.314 e. The van der Waals surface area contributed by atoms with E-state index in [1.165, 1.54) is 11.3 Å². The van der Waals surface area contributed by atoms with Gasteiger partial charge in [0.2, 0.25) is 0 Å². The Balaban J connectivity index is 1.68. The number of rotatable bonds is 4. The summed E-state index contributed by atoms with van der Waals surface area (Å²) in [6, 6.07) is 2.81. The van der Waals surface area contributed by atoms with Crippen molar-refractivity contribution in [3.05, 3.63) is 27.9 Å². The van der Waals surface area contributed by atoms with Gasteiger partial charge >= 0.3 is 0 Å². The monoisotopic (exact) mass is 265 g/mol. The second-order valence-electron chi connectivity index (χ2n) is 4.38. The molecule has 0 amide bonds. The zero-order valence-electron chi connectivity index (χ0n) is 9.72. The van der Waals surface area contributed by atoms with Crippen LogP contribution >= 0.6 is 22.7 Å². The van der Waals surface area contributed by atoms with E-state index < -0.39 is 0 Å². The topological polar surface area (TPSA) is 28.2 Å². The molecule has 0 unspecified atom stereocenters. The molecule has 0 saturated carbocycles. The van der Waals surface area contributed by atoms with Gasteiger partial charge in [0.15, 0.2) is 0 Å². The average Bonchev–Trinajstić information content (AvgIpc) is 2.82. The second-order valence-corrected chi connectivity index (χ2v) is 6.02. The van der Waals surface area contributed by atoms with Gasteiger partial charge in [0, 0.05) is 42.0 Å². The molecule has 3 nitrogen and oxygen atoms in total. The summed E-state index contributed by atoms with van der Waals surface area (Å²) < 4.78 is 0. The molecule has 1 aliphatic rings. The summed E-state index contributed by atoms with van der Waals surface area (Å²) in [5, 5.41) is 10.9. The first-order valence-corrected chi connectivity index (χ1v) is 7.53. The molecule has 0 spiro atoms. The Labute approximate surface area is 109 Å². The third-order valence-electron chi connectivity index (χ3n) is 3.11. The van der Waals surface area contributed by atoms with Gasteiger partial charge < -0.3 is 5.32 Å². The number of thiophene rings is 1. The molecule has 1 aliphatic heterocycles. The summed E-state index contributed by atoms with van der Waals surface area (Å²) in [5.41, 5.74) is 2.44. The van der Waals surface area contributed by atoms with Gasteiger partial charge in [0.25, 0.3) is 0 Å². The molecule has 0 aliphatic carbocycles. The van der Waals surface area contributed by atoms with Crippen LogP contribution in [0.4, 0.5) is 0 Å². The summed E-state index contributed by atoms with van der Waals surface area (Å²) in [6.07, 6.45) is 0. The van der Waals surface area contributed by atoms with Gasteiger partial charge in [-0.3, -0.25) is 4.90 Å². The molecule has 1 N–H and O–H groups in total. The van der Waals surface area contributed by atoms with Crippen LogP contribution in [0, 0.1) is 0 Å². The molecule has 0 aromatic carbocycles. The Morgan fingerprint density at radius 1 is 1.47 bits per heavy atom. The normalized spacial score (nSPS) is 16.4. The first-order chi connectivity index (χ1) is 8.33. The van der Waals surface area contributed by atoms with E-state index in [4.69, 9.17) is 4.98 Å². The third-order valence-corrected chi connectivity index (χ3v) is 4.74. The van der Waals surface area contributed by atoms with E-state index in [1.54, 1.807) is 22.7 Å². The zero-order chi connectivity index (χ0) is 11.7. The van der Waals surface area contributed by atoms with E-state index in [0.29, 0.717) is 6.04 Å². The maximum Gasteiger partial charge on any atom is 0.124 e. The number of likely N-dealkylation sites (N-methyl/N-ethyl adjacent to an activating group) is 1. The molecule has 1 saturated heterocycles. The van der Waals surface area contributed by atoms with Crippen LogP contribution in [-0.4, -0.2) is 36.1 Å². The van der Waals surface area contributed by atoms with Gasteiger partial charge in [0.05, 0.1) is 5.69 Å². The highest BCUT2D eigenvalue weighted by atomic mass is 32.1. The van der Waals surface area contributed by atoms with Crippen molar-refractivity contribution >= 4 is 22.7 Å². The van der Waals surface area contributed by atoms with E-state index in [-0.39, 0.29) is 0 Å². The predicted octanol–water partition coefficient (Wildman–Crippen LogP) is 2.28. The molecule has 17 heavy (non-hydrogen) atoms. The summed E-state index contributed by atoms with van der Waals surface area (Å²) in [4.78, 5) is 7.07. The van der Waals surface area contributed by atoms with Crippen molar-refractivity contribution < 1.29 is 0 Å². The zero-order valence-corrected chi connectivity index (χ0v) is 11.4. The van der Waals surface area contributed by atoms with Crippen LogP contribution in [0.15, 0.2) is 22.2 Å². The number of thiazole rings is 1. The number of aromatic nitrogens is 1. The SMILES string of the molecule is CN(Cc1csc(-c2ccsc2)n1)C1CNC1. The van der Waals surface area contributed by atoms with Gasteiger partial charge in [0.1, 0.15) is 5.01 Å². The van der Waals surface area contributed by atoms with Gasteiger partial charge in [-0.15, -0.1) is 11.3 Å². The summed E-state index contributed by atoms with van der Waals surface area (Å²) in [5.74, 6) is 0. The van der Waals surface area contributed by atoms with E-state index >= 15 is 0 Å². The van der Waals surface area contributed by atoms with Crippen LogP contribution in [0.25, 0.3) is 10.6 Å². The summed E-state index contributed by atoms with van der Waals surface area (Å²) in [6.45, 7) is 3.17. The predicted molar refractivity (Wildman–Crippen MR) is 73.6 cm³/mol. The molecule has 5 heteroatoms. The van der Waals surface area contributed by atoms with E-state index in [1.807, 2.05) is 0 Å². The van der Waals surface area contributed by atoms with Gasteiger partial charge in [-0.05, 0) is 18.5 Å². The van der Waals surface area contributed by atoms with Gasteiger partial charge in [-0.2, -0.15) is 11.3 Å². The number of nitrogens with zero attached hydrogens (tertiary/aromatic N) is 2. The Morgan fingerprint density at radius 3 is 3.00 bits per heavy atom. The highest BCUT2D eigenvalue weighted by molar-refractivity contribution is 7.14. The fourth-order valence-electron chi connectivity index (χ4n) is 1.87. The molecule has 90 valence electrons. The largest absolute Gasteiger partial charge is 0.314 e. The molecule has 0 bridgehead atoms. The second kappa shape index (κ2) is 4.86. The Hall–Kier alpha value is -0.750. The van der Waals surface area contributed by atoms with E-state index in [9.17, 15) is 0 Å². The lowest BCUT2D eigenvalue weighted by Gasteiger charge is -2.35. The smallest absolute Gasteiger partial charge is 0.124 e. The lowest BCUT2D eigenvalue weighted by molar-refractivity contribution is 0.171. The number of hydrogen-bond donors (Lipinski definition) is 1. The molecule has 3 rings (SSSR count). The van der Waals surface area contributed by atoms with E-state index in [0.717, 1.165) is 24.6 Å². The third kappa shape index (κ3) is 2.42. The molecule has 0 atom stereocenters. The Bertz CT molecular complexity index is 474. The molecule has 3 heterocycles. The summed E-state index contributed by atoms with van der Waals surface area (Å²) >= 11 is 3.46. The first kappa shape index (κ1) is 11.3.